The van der Waals surface area contributed by atoms with Gasteiger partial charge in [0.25, 0.3) is 0 Å². The summed E-state index contributed by atoms with van der Waals surface area (Å²) in [5, 5.41) is 0. The van der Waals surface area contributed by atoms with Crippen molar-refractivity contribution in [2.24, 2.45) is 10.8 Å². The van der Waals surface area contributed by atoms with Crippen LogP contribution in [0, 0.1) is 21.1 Å². The van der Waals surface area contributed by atoms with Gasteiger partial charge in [-0.2, -0.15) is 0 Å². The van der Waals surface area contributed by atoms with Crippen LogP contribution in [0.4, 0.5) is 0 Å². The lowest BCUT2D eigenvalue weighted by Gasteiger charge is -2.31. The predicted octanol–water partition coefficient (Wildman–Crippen LogP) is 7.58. The Kier molecular flexibility index (Phi) is 13.3. The Morgan fingerprint density at radius 2 is 1.16 bits per heavy atom. The van der Waals surface area contributed by atoms with E-state index in [0.29, 0.717) is 0 Å². The van der Waals surface area contributed by atoms with Crippen molar-refractivity contribution in [1.82, 2.24) is 0 Å². The van der Waals surface area contributed by atoms with Gasteiger partial charge >= 0.3 is 0 Å². The van der Waals surface area contributed by atoms with E-state index in [1.165, 1.54) is 41.8 Å². The SMILES string of the molecule is CC(C)(C)C1=CC(=CC=C(C=Cc2cc(C(C)(C)C)[s+]c(C(C)(C)C)c2)Cc2ccccc2)C=C(C(C)(C)C)S1.[O-][Cl+3]([O-])([O-])[O-]. The molecule has 7 heteroatoms. The van der Waals surface area contributed by atoms with Crippen molar-refractivity contribution in [2.75, 3.05) is 0 Å². The fourth-order valence-electron chi connectivity index (χ4n) is 4.13. The summed E-state index contributed by atoms with van der Waals surface area (Å²) < 4.78 is 34.0. The minimum atomic E-state index is -4.94. The normalized spacial score (nSPS) is 15.4. The molecule has 0 unspecified atom stereocenters. The summed E-state index contributed by atoms with van der Waals surface area (Å²) in [6.07, 6.45) is 14.9. The van der Waals surface area contributed by atoms with Gasteiger partial charge in [-0.05, 0) is 61.5 Å². The molecule has 0 aliphatic carbocycles. The summed E-state index contributed by atoms with van der Waals surface area (Å²) in [6.45, 7) is 27.7. The summed E-state index contributed by atoms with van der Waals surface area (Å²) >= 11 is 3.90. The molecule has 0 amide bonds. The number of allylic oxidation sites excluding steroid dienone is 9. The highest BCUT2D eigenvalue weighted by Crippen LogP contribution is 2.48. The molecule has 2 aromatic rings. The molecular formula is C38H51ClO4S2. The van der Waals surface area contributed by atoms with Gasteiger partial charge in [0.1, 0.15) is 0 Å². The molecule has 0 fully saturated rings. The van der Waals surface area contributed by atoms with Gasteiger partial charge in [0.2, 0.25) is 21.1 Å². The first-order chi connectivity index (χ1) is 20.3. The van der Waals surface area contributed by atoms with E-state index in [-0.39, 0.29) is 21.7 Å². The van der Waals surface area contributed by atoms with Gasteiger partial charge < -0.3 is 0 Å². The molecule has 0 atom stereocenters. The molecule has 4 nitrogen and oxygen atoms in total. The number of rotatable bonds is 5. The fourth-order valence-corrected chi connectivity index (χ4v) is 6.60. The Labute approximate surface area is 282 Å². The van der Waals surface area contributed by atoms with E-state index in [9.17, 15) is 0 Å². The molecule has 0 N–H and O–H groups in total. The minimum absolute atomic E-state index is 0.120. The maximum Gasteiger partial charge on any atom is 0.219 e. The van der Waals surface area contributed by atoms with Crippen LogP contribution < -0.4 is 18.6 Å². The molecule has 2 heterocycles. The van der Waals surface area contributed by atoms with Gasteiger partial charge in [-0.3, -0.25) is 0 Å². The van der Waals surface area contributed by atoms with Crippen molar-refractivity contribution in [2.45, 2.75) is 100 Å². The van der Waals surface area contributed by atoms with Crippen LogP contribution in [-0.4, -0.2) is 0 Å². The zero-order chi connectivity index (χ0) is 34.4. The van der Waals surface area contributed by atoms with Crippen LogP contribution in [0.1, 0.15) is 104 Å². The average molecular weight is 671 g/mol. The first kappa shape index (κ1) is 39.1. The highest BCUT2D eigenvalue weighted by atomic mass is 35.7. The number of halogens is 1. The van der Waals surface area contributed by atoms with Crippen molar-refractivity contribution in [3.05, 3.63) is 115 Å². The largest absolute Gasteiger partial charge is 0.222 e. The van der Waals surface area contributed by atoms with Gasteiger partial charge in [-0.1, -0.05) is 149 Å². The van der Waals surface area contributed by atoms with Gasteiger partial charge in [-0.15, -0.1) is 10.2 Å². The average Bonchev–Trinajstić information content (AvgIpc) is 2.87. The molecule has 3 rings (SSSR count). The lowest BCUT2D eigenvalue weighted by Crippen LogP contribution is -2.68. The summed E-state index contributed by atoms with van der Waals surface area (Å²) in [6, 6.07) is 15.6. The topological polar surface area (TPSA) is 92.2 Å². The summed E-state index contributed by atoms with van der Waals surface area (Å²) in [7, 11) is -4.94. The Balaban J connectivity index is 0.00000130. The van der Waals surface area contributed by atoms with Gasteiger partial charge in [-0.25, -0.2) is 18.6 Å². The van der Waals surface area contributed by atoms with E-state index in [0.717, 1.165) is 6.42 Å². The van der Waals surface area contributed by atoms with Crippen LogP contribution in [0.15, 0.2) is 93.8 Å². The van der Waals surface area contributed by atoms with Crippen molar-refractivity contribution in [3.63, 3.8) is 0 Å². The molecule has 1 aromatic heterocycles. The van der Waals surface area contributed by atoms with E-state index in [2.05, 4.69) is 162 Å². The lowest BCUT2D eigenvalue weighted by molar-refractivity contribution is -2.00. The standard InChI is InChI=1S/C38H51S2.ClHO4/c1-35(2,3)31-23-29(24-32(39-31)36(4,5)6)20-18-28(22-27-16-14-13-15-17-27)19-21-30-25-33(37(7,8)9)40-34(26-30)38(10,11)12;2-1(3,4)5/h13-21,23-26H,22H2,1-12H3;(H,2,3,4,5)/q+1;/p-1. The zero-order valence-electron chi connectivity index (χ0n) is 29.0. The third kappa shape index (κ3) is 14.5. The molecule has 1 aromatic carbocycles. The second kappa shape index (κ2) is 15.2. The van der Waals surface area contributed by atoms with Gasteiger partial charge in [0.05, 0.1) is 0 Å². The molecular weight excluding hydrogens is 620 g/mol. The van der Waals surface area contributed by atoms with Crippen LogP contribution in [-0.2, 0) is 17.3 Å². The minimum Gasteiger partial charge on any atom is -0.222 e. The van der Waals surface area contributed by atoms with Gasteiger partial charge in [0, 0.05) is 23.0 Å². The molecule has 0 bridgehead atoms. The smallest absolute Gasteiger partial charge is 0.219 e. The van der Waals surface area contributed by atoms with E-state index >= 15 is 0 Å². The maximum absolute atomic E-state index is 8.49. The Hall–Kier alpha value is -2.03. The molecule has 1 aliphatic rings. The van der Waals surface area contributed by atoms with Crippen LogP contribution >= 0.6 is 23.1 Å². The highest BCUT2D eigenvalue weighted by Gasteiger charge is 2.31. The molecule has 0 spiro atoms. The van der Waals surface area contributed by atoms with Crippen LogP contribution in [0.3, 0.4) is 0 Å². The monoisotopic (exact) mass is 670 g/mol. The predicted molar refractivity (Wildman–Crippen MR) is 184 cm³/mol. The highest BCUT2D eigenvalue weighted by molar-refractivity contribution is 8.06. The van der Waals surface area contributed by atoms with E-state index in [1.807, 2.05) is 23.1 Å². The van der Waals surface area contributed by atoms with E-state index in [4.69, 9.17) is 18.6 Å². The Bertz CT molecular complexity index is 1380. The Morgan fingerprint density at radius 3 is 1.56 bits per heavy atom. The third-order valence-corrected chi connectivity index (χ3v) is 10.6. The van der Waals surface area contributed by atoms with Crippen molar-refractivity contribution in [1.29, 1.82) is 0 Å². The maximum atomic E-state index is 8.49. The number of hydrogen-bond donors (Lipinski definition) is 0. The molecule has 246 valence electrons. The third-order valence-electron chi connectivity index (χ3n) is 6.82. The molecule has 45 heavy (non-hydrogen) atoms. The van der Waals surface area contributed by atoms with Crippen molar-refractivity contribution >= 4 is 29.2 Å². The summed E-state index contributed by atoms with van der Waals surface area (Å²) in [5.41, 5.74) is 5.66. The molecule has 0 saturated heterocycles. The molecule has 0 saturated carbocycles. The van der Waals surface area contributed by atoms with Crippen LogP contribution in [0.2, 0.25) is 0 Å². The number of hydrogen-bond acceptors (Lipinski definition) is 5. The Morgan fingerprint density at radius 1 is 0.711 bits per heavy atom. The first-order valence-electron chi connectivity index (χ1n) is 15.2. The van der Waals surface area contributed by atoms with Crippen LogP contribution in [0.25, 0.3) is 6.08 Å². The lowest BCUT2D eigenvalue weighted by atomic mass is 9.91. The number of thioether (sulfide) groups is 1. The molecule has 0 radical (unpaired) electrons. The van der Waals surface area contributed by atoms with E-state index < -0.39 is 10.2 Å². The van der Waals surface area contributed by atoms with E-state index in [1.54, 1.807) is 0 Å². The zero-order valence-corrected chi connectivity index (χ0v) is 31.4. The summed E-state index contributed by atoms with van der Waals surface area (Å²) in [5.74, 6) is 0. The second-order valence-corrected chi connectivity index (χ2v) is 18.4. The molecule has 1 aliphatic heterocycles. The summed E-state index contributed by atoms with van der Waals surface area (Å²) in [4.78, 5) is 5.70. The second-order valence-electron chi connectivity index (χ2n) is 15.5. The fraction of sp³-hybridized carbons (Fsp3) is 0.447. The number of benzene rings is 1. The van der Waals surface area contributed by atoms with Crippen LogP contribution in [0.5, 0.6) is 0 Å². The quantitative estimate of drug-likeness (QED) is 0.242. The van der Waals surface area contributed by atoms with Gasteiger partial charge in [0.15, 0.2) is 0 Å². The van der Waals surface area contributed by atoms with Crippen molar-refractivity contribution < 1.29 is 28.9 Å². The van der Waals surface area contributed by atoms with Crippen molar-refractivity contribution in [3.8, 4) is 0 Å². The first-order valence-corrected chi connectivity index (χ1v) is 18.0.